The van der Waals surface area contributed by atoms with E-state index in [4.69, 9.17) is 20.9 Å². The molecular formula is C29H31ClN5O7PS2-2. The van der Waals surface area contributed by atoms with Crippen molar-refractivity contribution in [3.05, 3.63) is 75.6 Å². The third-order valence-corrected chi connectivity index (χ3v) is 9.89. The van der Waals surface area contributed by atoms with Gasteiger partial charge in [-0.1, -0.05) is 53.1 Å². The van der Waals surface area contributed by atoms with Crippen molar-refractivity contribution in [3.8, 4) is 28.8 Å². The number of aryl methyl sites for hydroxylation is 1. The van der Waals surface area contributed by atoms with Gasteiger partial charge in [-0.3, -0.25) is 9.25 Å². The van der Waals surface area contributed by atoms with Crippen molar-refractivity contribution in [2.75, 3.05) is 0 Å². The molecule has 240 valence electrons. The number of ether oxygens (including phenoxy) is 1. The molecule has 45 heavy (non-hydrogen) atoms. The molecule has 0 N–H and O–H groups in total. The maximum absolute atomic E-state index is 13.6. The number of phosphoric acid groups is 1. The third-order valence-electron chi connectivity index (χ3n) is 7.03. The van der Waals surface area contributed by atoms with Crippen molar-refractivity contribution in [2.24, 2.45) is 22.3 Å². The molecule has 4 rings (SSSR count). The molecule has 0 unspecified atom stereocenters. The molecule has 0 radical (unpaired) electrons. The summed E-state index contributed by atoms with van der Waals surface area (Å²) in [6, 6.07) is 12.4. The molecule has 4 aromatic rings. The lowest BCUT2D eigenvalue weighted by molar-refractivity contribution is -0.368. The van der Waals surface area contributed by atoms with Crippen LogP contribution in [0.15, 0.2) is 69.5 Å². The van der Waals surface area contributed by atoms with Crippen LogP contribution in [0.4, 0.5) is 0 Å². The van der Waals surface area contributed by atoms with E-state index in [0.29, 0.717) is 22.0 Å². The van der Waals surface area contributed by atoms with Crippen molar-refractivity contribution in [1.82, 2.24) is 14.3 Å². The van der Waals surface area contributed by atoms with E-state index < -0.39 is 34.4 Å². The number of aromatic nitrogens is 3. The molecule has 2 aromatic carbocycles. The quantitative estimate of drug-likeness (QED) is 0.226. The Kier molecular flexibility index (Phi) is 9.34. The second-order valence-electron chi connectivity index (χ2n) is 12.2. The average Bonchev–Trinajstić information content (AvgIpc) is 3.54. The Hall–Kier alpha value is -3.28. The first kappa shape index (κ1) is 34.6. The normalized spacial score (nSPS) is 13.6. The van der Waals surface area contributed by atoms with Crippen LogP contribution in [0.3, 0.4) is 0 Å². The van der Waals surface area contributed by atoms with E-state index in [-0.39, 0.29) is 21.0 Å². The third kappa shape index (κ3) is 6.95. The Morgan fingerprint density at radius 1 is 1.04 bits per heavy atom. The maximum atomic E-state index is 13.6. The number of thiazole rings is 1. The Morgan fingerprint density at radius 2 is 1.69 bits per heavy atom. The van der Waals surface area contributed by atoms with E-state index in [2.05, 4.69) is 9.50 Å². The van der Waals surface area contributed by atoms with Gasteiger partial charge < -0.3 is 23.6 Å². The van der Waals surface area contributed by atoms with Crippen LogP contribution in [0.2, 0.25) is 5.02 Å². The lowest BCUT2D eigenvalue weighted by Crippen LogP contribution is -2.59. The standard InChI is InChI=1S/C29H33ClN5O7PS2/c1-27(2,3)29(28(4,5)6,42-43(36,37)38)35-14-15-44-26(35)33-45(39,40)21-9-11-24(19(16-21)18-31)41-25-10-8-20(30)17-22(25)23-12-13-32-34(23)7/h8-17H,1-7H3,(H2,36,37,38)/p-2. The Labute approximate surface area is 270 Å². The highest BCUT2D eigenvalue weighted by molar-refractivity contribution is 7.90. The first-order valence-electron chi connectivity index (χ1n) is 13.4. The molecule has 2 aromatic heterocycles. The molecule has 16 heteroatoms. The van der Waals surface area contributed by atoms with Gasteiger partial charge in [0.15, 0.2) is 5.72 Å². The summed E-state index contributed by atoms with van der Waals surface area (Å²) in [5, 5.41) is 16.1. The van der Waals surface area contributed by atoms with Gasteiger partial charge in [0.25, 0.3) is 10.0 Å². The molecule has 0 bridgehead atoms. The van der Waals surface area contributed by atoms with Crippen LogP contribution >= 0.6 is 30.8 Å². The summed E-state index contributed by atoms with van der Waals surface area (Å²) in [5.74, 6) is 0.442. The molecule has 0 fully saturated rings. The van der Waals surface area contributed by atoms with Crippen molar-refractivity contribution in [2.45, 2.75) is 52.2 Å². The molecule has 0 aliphatic rings. The van der Waals surface area contributed by atoms with Gasteiger partial charge in [-0.05, 0) is 42.5 Å². The fourth-order valence-corrected chi connectivity index (χ4v) is 8.57. The zero-order valence-electron chi connectivity index (χ0n) is 25.5. The predicted molar refractivity (Wildman–Crippen MR) is 166 cm³/mol. The first-order chi connectivity index (χ1) is 20.7. The van der Waals surface area contributed by atoms with Gasteiger partial charge in [0.2, 0.25) is 4.80 Å². The molecule has 0 saturated heterocycles. The van der Waals surface area contributed by atoms with Gasteiger partial charge in [-0.2, -0.15) is 18.8 Å². The van der Waals surface area contributed by atoms with Crippen LogP contribution in [0, 0.1) is 22.2 Å². The van der Waals surface area contributed by atoms with E-state index in [1.54, 1.807) is 83.7 Å². The van der Waals surface area contributed by atoms with E-state index in [1.165, 1.54) is 28.3 Å². The summed E-state index contributed by atoms with van der Waals surface area (Å²) in [4.78, 5) is 23.6. The van der Waals surface area contributed by atoms with Crippen LogP contribution in [-0.2, 0) is 31.9 Å². The van der Waals surface area contributed by atoms with Crippen LogP contribution in [0.25, 0.3) is 11.3 Å². The Morgan fingerprint density at radius 3 is 2.24 bits per heavy atom. The van der Waals surface area contributed by atoms with E-state index in [9.17, 15) is 28.0 Å². The van der Waals surface area contributed by atoms with Crippen molar-refractivity contribution in [1.29, 1.82) is 5.26 Å². The molecular weight excluding hydrogens is 661 g/mol. The Bertz CT molecular complexity index is 1990. The number of sulfonamides is 1. The number of benzene rings is 2. The zero-order valence-corrected chi connectivity index (χ0v) is 28.8. The molecule has 12 nitrogen and oxygen atoms in total. The first-order valence-corrected chi connectivity index (χ1v) is 17.6. The average molecular weight is 692 g/mol. The highest BCUT2D eigenvalue weighted by atomic mass is 35.5. The molecule has 0 amide bonds. The number of rotatable bonds is 8. The van der Waals surface area contributed by atoms with Gasteiger partial charge >= 0.3 is 0 Å². The summed E-state index contributed by atoms with van der Waals surface area (Å²) in [7, 11) is -8.32. The minimum Gasteiger partial charge on any atom is -0.790 e. The summed E-state index contributed by atoms with van der Waals surface area (Å²) >= 11 is 7.14. The zero-order chi connectivity index (χ0) is 33.6. The van der Waals surface area contributed by atoms with Gasteiger partial charge in [0.05, 0.1) is 24.0 Å². The van der Waals surface area contributed by atoms with Crippen molar-refractivity contribution >= 4 is 40.8 Å². The monoisotopic (exact) mass is 691 g/mol. The highest BCUT2D eigenvalue weighted by Crippen LogP contribution is 2.55. The number of hydrogen-bond acceptors (Lipinski definition) is 10. The van der Waals surface area contributed by atoms with Crippen molar-refractivity contribution in [3.63, 3.8) is 0 Å². The summed E-state index contributed by atoms with van der Waals surface area (Å²) in [6.45, 7) is 10.1. The van der Waals surface area contributed by atoms with Crippen LogP contribution in [0.5, 0.6) is 11.5 Å². The lowest BCUT2D eigenvalue weighted by atomic mass is 9.68. The molecule has 0 aliphatic heterocycles. The maximum Gasteiger partial charge on any atom is 0.285 e. The summed E-state index contributed by atoms with van der Waals surface area (Å²) in [6.07, 6.45) is 3.04. The van der Waals surface area contributed by atoms with Crippen LogP contribution in [0.1, 0.15) is 47.1 Å². The van der Waals surface area contributed by atoms with Gasteiger partial charge in [0, 0.05) is 46.2 Å². The topological polar surface area (TPSA) is 175 Å². The van der Waals surface area contributed by atoms with E-state index >= 15 is 0 Å². The number of hydrogen-bond donors (Lipinski definition) is 0. The fraction of sp³-hybridized carbons (Fsp3) is 0.345. The fourth-order valence-electron chi connectivity index (χ4n) is 5.45. The number of halogens is 1. The second-order valence-corrected chi connectivity index (χ2v) is 16.1. The molecule has 0 aliphatic carbocycles. The predicted octanol–water partition coefficient (Wildman–Crippen LogP) is 5.15. The molecule has 0 atom stereocenters. The smallest absolute Gasteiger partial charge is 0.285 e. The number of phosphoric ester groups is 1. The SMILES string of the molecule is Cn1nccc1-c1cc(Cl)ccc1Oc1ccc(S(=O)(=O)N=c2sccn2C(OP(=O)([O-])[O-])(C(C)(C)C)C(C)(C)C)cc1C#N. The van der Waals surface area contributed by atoms with Gasteiger partial charge in [-0.25, -0.2) is 0 Å². The summed E-state index contributed by atoms with van der Waals surface area (Å²) in [5.41, 5.74) is -2.74. The van der Waals surface area contributed by atoms with Crippen LogP contribution < -0.4 is 19.3 Å². The lowest BCUT2D eigenvalue weighted by Gasteiger charge is -2.56. The number of nitriles is 1. The minimum absolute atomic E-state index is 0.0860. The molecule has 2 heterocycles. The number of nitrogens with zero attached hydrogens (tertiary/aromatic N) is 5. The van der Waals surface area contributed by atoms with Crippen LogP contribution in [-0.4, -0.2) is 22.8 Å². The summed E-state index contributed by atoms with van der Waals surface area (Å²) < 4.78 is 57.6. The molecule has 0 saturated carbocycles. The van der Waals surface area contributed by atoms with E-state index in [0.717, 1.165) is 17.4 Å². The Balaban J connectivity index is 1.82. The van der Waals surface area contributed by atoms with Crippen molar-refractivity contribution < 1.29 is 32.0 Å². The second kappa shape index (κ2) is 12.1. The minimum atomic E-state index is -5.59. The highest BCUT2D eigenvalue weighted by Gasteiger charge is 2.55. The van der Waals surface area contributed by atoms with Gasteiger partial charge in [0.1, 0.15) is 17.6 Å². The molecule has 0 spiro atoms. The van der Waals surface area contributed by atoms with E-state index in [1.807, 2.05) is 6.07 Å². The van der Waals surface area contributed by atoms with Gasteiger partial charge in [-0.15, -0.1) is 15.7 Å². The largest absolute Gasteiger partial charge is 0.790 e.